The predicted octanol–water partition coefficient (Wildman–Crippen LogP) is 6.66. The van der Waals surface area contributed by atoms with Gasteiger partial charge in [0.1, 0.15) is 5.65 Å². The molecule has 6 rings (SSSR count). The van der Waals surface area contributed by atoms with Crippen LogP contribution in [0.5, 0.6) is 0 Å². The summed E-state index contributed by atoms with van der Waals surface area (Å²) < 4.78 is 30.5. The van der Waals surface area contributed by atoms with E-state index in [4.69, 9.17) is 4.98 Å². The fraction of sp³-hybridized carbons (Fsp3) is 0.192. The second-order valence-corrected chi connectivity index (χ2v) is 8.46. The highest BCUT2D eigenvalue weighted by molar-refractivity contribution is 6.12. The lowest BCUT2D eigenvalue weighted by atomic mass is 9.99. The molecule has 0 spiro atoms. The van der Waals surface area contributed by atoms with Crippen molar-refractivity contribution < 1.29 is 8.78 Å². The van der Waals surface area contributed by atoms with Gasteiger partial charge in [0.15, 0.2) is 0 Å². The largest absolute Gasteiger partial charge is 0.292 e. The Morgan fingerprint density at radius 2 is 1.50 bits per heavy atom. The Morgan fingerprint density at radius 1 is 0.833 bits per heavy atom. The minimum absolute atomic E-state index is 0.182. The molecule has 0 unspecified atom stereocenters. The van der Waals surface area contributed by atoms with Crippen molar-refractivity contribution in [2.75, 3.05) is 0 Å². The molecule has 0 bridgehead atoms. The maximum atomic E-state index is 14.2. The van der Waals surface area contributed by atoms with E-state index < -0.39 is 5.92 Å². The first-order chi connectivity index (χ1) is 14.4. The number of nitrogens with zero attached hydrogens (tertiary/aromatic N) is 2. The van der Waals surface area contributed by atoms with Crippen LogP contribution in [-0.4, -0.2) is 15.3 Å². The smallest absolute Gasteiger partial charge is 0.256 e. The zero-order valence-corrected chi connectivity index (χ0v) is 16.8. The van der Waals surface area contributed by atoms with E-state index in [0.29, 0.717) is 0 Å². The number of aromatic nitrogens is 2. The number of imidazole rings is 1. The van der Waals surface area contributed by atoms with Crippen LogP contribution in [0.4, 0.5) is 8.78 Å². The number of hydrogen-bond donors (Lipinski definition) is 0. The molecule has 0 saturated carbocycles. The first-order valence-electron chi connectivity index (χ1n) is 10.2. The summed E-state index contributed by atoms with van der Waals surface area (Å²) in [7, 11) is 0. The second kappa shape index (κ2) is 5.88. The van der Waals surface area contributed by atoms with Gasteiger partial charge in [0, 0.05) is 29.2 Å². The number of pyridine rings is 1. The predicted molar refractivity (Wildman–Crippen MR) is 117 cm³/mol. The average Bonchev–Trinajstić information content (AvgIpc) is 3.26. The molecular weight excluding hydrogens is 378 g/mol. The Labute approximate surface area is 172 Å². The lowest BCUT2D eigenvalue weighted by Crippen LogP contribution is -2.14. The minimum Gasteiger partial charge on any atom is -0.292 e. The molecular formula is C26H20F2N2. The van der Waals surface area contributed by atoms with E-state index in [2.05, 4.69) is 48.6 Å². The van der Waals surface area contributed by atoms with Crippen LogP contribution >= 0.6 is 0 Å². The Bertz CT molecular complexity index is 1470. The fourth-order valence-corrected chi connectivity index (χ4v) is 5.12. The molecule has 5 aromatic rings. The standard InChI is InChI=1S/C26H20F2N2/c1-15-6-5-7-16(2)24(15)23-14-29-25-20-9-4-3-8-19(20)21-10-17-12-26(27,28)13-18(17)11-22(21)30(23)25/h3-11,14H,12-13H2,1-2H3. The van der Waals surface area contributed by atoms with E-state index in [1.54, 1.807) is 0 Å². The van der Waals surface area contributed by atoms with Crippen molar-refractivity contribution in [2.45, 2.75) is 32.6 Å². The zero-order chi connectivity index (χ0) is 20.6. The van der Waals surface area contributed by atoms with Gasteiger partial charge < -0.3 is 0 Å². The average molecular weight is 398 g/mol. The number of fused-ring (bicyclic) bond motifs is 7. The summed E-state index contributed by atoms with van der Waals surface area (Å²) in [5.41, 5.74) is 7.79. The number of alkyl halides is 2. The van der Waals surface area contributed by atoms with Crippen LogP contribution < -0.4 is 0 Å². The molecule has 0 radical (unpaired) electrons. The Kier molecular flexibility index (Phi) is 3.45. The van der Waals surface area contributed by atoms with Gasteiger partial charge in [0.25, 0.3) is 5.92 Å². The van der Waals surface area contributed by atoms with Gasteiger partial charge in [-0.05, 0) is 53.6 Å². The van der Waals surface area contributed by atoms with Crippen LogP contribution in [0.3, 0.4) is 0 Å². The first-order valence-corrected chi connectivity index (χ1v) is 10.2. The highest BCUT2D eigenvalue weighted by atomic mass is 19.3. The molecule has 2 nitrogen and oxygen atoms in total. The summed E-state index contributed by atoms with van der Waals surface area (Å²) in [5.74, 6) is -2.67. The quantitative estimate of drug-likeness (QED) is 0.289. The highest BCUT2D eigenvalue weighted by Crippen LogP contribution is 2.40. The van der Waals surface area contributed by atoms with Crippen molar-refractivity contribution >= 4 is 27.3 Å². The first kappa shape index (κ1) is 17.6. The topological polar surface area (TPSA) is 17.3 Å². The van der Waals surface area contributed by atoms with Gasteiger partial charge in [-0.2, -0.15) is 0 Å². The normalized spacial score (nSPS) is 15.3. The zero-order valence-electron chi connectivity index (χ0n) is 16.8. The van der Waals surface area contributed by atoms with Gasteiger partial charge in [-0.15, -0.1) is 0 Å². The SMILES string of the molecule is Cc1cccc(C)c1-c1cnc2c3ccccc3c3cc4c(cc3n12)CC(F)(F)C4. The molecule has 2 aromatic heterocycles. The van der Waals surface area contributed by atoms with E-state index in [9.17, 15) is 8.78 Å². The summed E-state index contributed by atoms with van der Waals surface area (Å²) in [6.45, 7) is 4.20. The van der Waals surface area contributed by atoms with Crippen molar-refractivity contribution in [3.8, 4) is 11.3 Å². The Morgan fingerprint density at radius 3 is 2.23 bits per heavy atom. The van der Waals surface area contributed by atoms with Crippen LogP contribution in [0.15, 0.2) is 60.8 Å². The molecule has 2 heterocycles. The lowest BCUT2D eigenvalue weighted by molar-refractivity contribution is 0.0130. The molecule has 30 heavy (non-hydrogen) atoms. The van der Waals surface area contributed by atoms with Crippen LogP contribution in [0.2, 0.25) is 0 Å². The maximum Gasteiger partial charge on any atom is 0.256 e. The molecule has 148 valence electrons. The van der Waals surface area contributed by atoms with E-state index >= 15 is 0 Å². The molecule has 0 N–H and O–H groups in total. The summed E-state index contributed by atoms with van der Waals surface area (Å²) in [6, 6.07) is 18.3. The summed E-state index contributed by atoms with van der Waals surface area (Å²) in [4.78, 5) is 4.79. The van der Waals surface area contributed by atoms with E-state index in [1.807, 2.05) is 30.5 Å². The molecule has 4 heteroatoms. The number of hydrogen-bond acceptors (Lipinski definition) is 1. The maximum absolute atomic E-state index is 14.2. The van der Waals surface area contributed by atoms with Gasteiger partial charge in [-0.1, -0.05) is 42.5 Å². The lowest BCUT2D eigenvalue weighted by Gasteiger charge is -2.14. The third kappa shape index (κ3) is 2.37. The van der Waals surface area contributed by atoms with E-state index in [1.165, 1.54) is 11.1 Å². The van der Waals surface area contributed by atoms with Crippen LogP contribution in [0, 0.1) is 13.8 Å². The molecule has 0 saturated heterocycles. The number of halogens is 2. The number of rotatable bonds is 1. The summed E-state index contributed by atoms with van der Waals surface area (Å²) in [5, 5.41) is 3.09. The molecule has 3 aromatic carbocycles. The van der Waals surface area contributed by atoms with Crippen LogP contribution in [0.1, 0.15) is 22.3 Å². The van der Waals surface area contributed by atoms with Gasteiger partial charge >= 0.3 is 0 Å². The van der Waals surface area contributed by atoms with Crippen molar-refractivity contribution in [1.29, 1.82) is 0 Å². The molecule has 0 amide bonds. The van der Waals surface area contributed by atoms with E-state index in [-0.39, 0.29) is 12.8 Å². The van der Waals surface area contributed by atoms with Crippen LogP contribution in [-0.2, 0) is 12.8 Å². The van der Waals surface area contributed by atoms with Crippen molar-refractivity contribution in [3.63, 3.8) is 0 Å². The fourth-order valence-electron chi connectivity index (χ4n) is 5.12. The minimum atomic E-state index is -2.67. The van der Waals surface area contributed by atoms with Crippen molar-refractivity contribution in [2.24, 2.45) is 0 Å². The van der Waals surface area contributed by atoms with Crippen molar-refractivity contribution in [3.05, 3.63) is 83.0 Å². The molecule has 0 fully saturated rings. The summed E-state index contributed by atoms with van der Waals surface area (Å²) in [6.07, 6.45) is 1.54. The van der Waals surface area contributed by atoms with Crippen LogP contribution in [0.25, 0.3) is 38.6 Å². The molecule has 0 atom stereocenters. The molecule has 1 aliphatic carbocycles. The number of benzene rings is 3. The van der Waals surface area contributed by atoms with Gasteiger partial charge in [-0.25, -0.2) is 13.8 Å². The third-order valence-electron chi connectivity index (χ3n) is 6.41. The van der Waals surface area contributed by atoms with Gasteiger partial charge in [-0.3, -0.25) is 4.40 Å². The third-order valence-corrected chi connectivity index (χ3v) is 6.41. The second-order valence-electron chi connectivity index (χ2n) is 8.46. The number of aryl methyl sites for hydroxylation is 2. The highest BCUT2D eigenvalue weighted by Gasteiger charge is 2.37. The summed E-state index contributed by atoms with van der Waals surface area (Å²) >= 11 is 0. The molecule has 0 aliphatic heterocycles. The van der Waals surface area contributed by atoms with Gasteiger partial charge in [0.2, 0.25) is 0 Å². The molecule has 1 aliphatic rings. The Balaban J connectivity index is 1.82. The van der Waals surface area contributed by atoms with Gasteiger partial charge in [0.05, 0.1) is 17.4 Å². The Hall–Kier alpha value is -3.27. The van der Waals surface area contributed by atoms with Crippen molar-refractivity contribution in [1.82, 2.24) is 9.38 Å². The van der Waals surface area contributed by atoms with E-state index in [0.717, 1.165) is 49.7 Å². The monoisotopic (exact) mass is 398 g/mol.